The van der Waals surface area contributed by atoms with Crippen molar-refractivity contribution < 1.29 is 0 Å². The summed E-state index contributed by atoms with van der Waals surface area (Å²) >= 11 is 0. The second-order valence-electron chi connectivity index (χ2n) is 11.2. The van der Waals surface area contributed by atoms with Crippen LogP contribution in [-0.4, -0.2) is 0 Å². The molecule has 2 fully saturated rings. The predicted octanol–water partition coefficient (Wildman–Crippen LogP) is 8.84. The molecule has 0 aromatic heterocycles. The van der Waals surface area contributed by atoms with Gasteiger partial charge in [0.05, 0.1) is 0 Å². The van der Waals surface area contributed by atoms with Gasteiger partial charge in [-0.15, -0.1) is 6.58 Å². The van der Waals surface area contributed by atoms with E-state index in [2.05, 4.69) is 59.6 Å². The van der Waals surface area contributed by atoms with E-state index in [1.165, 1.54) is 55.2 Å². The van der Waals surface area contributed by atoms with Crippen LogP contribution < -0.4 is 0 Å². The summed E-state index contributed by atoms with van der Waals surface area (Å²) in [5.74, 6) is 3.19. The highest BCUT2D eigenvalue weighted by atomic mass is 14.6. The van der Waals surface area contributed by atoms with E-state index in [1.54, 1.807) is 11.1 Å². The van der Waals surface area contributed by atoms with Crippen LogP contribution in [0.2, 0.25) is 0 Å². The minimum absolute atomic E-state index is 0.328. The minimum atomic E-state index is 0.328. The summed E-state index contributed by atoms with van der Waals surface area (Å²) in [6.07, 6.45) is 14.1. The van der Waals surface area contributed by atoms with Gasteiger partial charge < -0.3 is 0 Å². The van der Waals surface area contributed by atoms with Crippen molar-refractivity contribution in [2.75, 3.05) is 0 Å². The molecule has 0 saturated heterocycles. The highest BCUT2D eigenvalue weighted by molar-refractivity contribution is 5.43. The van der Waals surface area contributed by atoms with Gasteiger partial charge >= 0.3 is 0 Å². The Morgan fingerprint density at radius 1 is 1.17 bits per heavy atom. The molecule has 6 unspecified atom stereocenters. The maximum atomic E-state index is 4.49. The number of fused-ring (bicyclic) bond motifs is 5. The van der Waals surface area contributed by atoms with Gasteiger partial charge in [0.25, 0.3) is 0 Å². The predicted molar refractivity (Wildman–Crippen MR) is 129 cm³/mol. The zero-order valence-corrected chi connectivity index (χ0v) is 20.0. The summed E-state index contributed by atoms with van der Waals surface area (Å²) in [6, 6.07) is 0. The van der Waals surface area contributed by atoms with Crippen LogP contribution in [0.1, 0.15) is 86.5 Å². The van der Waals surface area contributed by atoms with E-state index in [9.17, 15) is 0 Å². The van der Waals surface area contributed by atoms with Crippen molar-refractivity contribution in [1.29, 1.82) is 0 Å². The maximum Gasteiger partial charge on any atom is 0.0101 e. The number of hydrogen-bond donors (Lipinski definition) is 0. The first-order chi connectivity index (χ1) is 13.5. The molecule has 0 aliphatic heterocycles. The summed E-state index contributed by atoms with van der Waals surface area (Å²) < 4.78 is 0. The van der Waals surface area contributed by atoms with Crippen LogP contribution in [0.3, 0.4) is 0 Å². The Morgan fingerprint density at radius 3 is 2.45 bits per heavy atom. The maximum absolute atomic E-state index is 4.49. The number of rotatable bonds is 2. The molecule has 4 aliphatic carbocycles. The molecular formula is C29H44. The van der Waals surface area contributed by atoms with Crippen LogP contribution in [0.15, 0.2) is 59.8 Å². The van der Waals surface area contributed by atoms with Crippen molar-refractivity contribution in [2.45, 2.75) is 86.5 Å². The Labute approximate surface area is 180 Å². The molecule has 0 heteroatoms. The molecule has 4 rings (SSSR count). The standard InChI is InChI=1S/C25H36.C4H8/c1-7-17(3)23-18(4)15-22-20-9-8-19-14-16(2)10-12-24(19,5)21(20)11-13-25(22,23)6;1-4(2)3/h11,14,18,20,22-23H,2-3,7-10,12-13,15H2,1,4-6H3;1H2,2-3H3. The molecule has 160 valence electrons. The lowest BCUT2D eigenvalue weighted by Crippen LogP contribution is -2.44. The molecular weight excluding hydrogens is 348 g/mol. The first-order valence-corrected chi connectivity index (χ1v) is 11.9. The highest BCUT2D eigenvalue weighted by Crippen LogP contribution is 2.66. The van der Waals surface area contributed by atoms with Crippen molar-refractivity contribution in [2.24, 2.45) is 34.5 Å². The van der Waals surface area contributed by atoms with Gasteiger partial charge in [0.15, 0.2) is 0 Å². The minimum Gasteiger partial charge on any atom is -0.100 e. The van der Waals surface area contributed by atoms with Gasteiger partial charge in [-0.05, 0) is 87.9 Å². The Morgan fingerprint density at radius 2 is 1.83 bits per heavy atom. The topological polar surface area (TPSA) is 0 Å². The highest BCUT2D eigenvalue weighted by Gasteiger charge is 2.57. The summed E-state index contributed by atoms with van der Waals surface area (Å²) in [5, 5.41) is 0. The third-order valence-corrected chi connectivity index (χ3v) is 8.69. The molecule has 0 radical (unpaired) electrons. The van der Waals surface area contributed by atoms with E-state index in [0.29, 0.717) is 10.8 Å². The van der Waals surface area contributed by atoms with Gasteiger partial charge in [0.2, 0.25) is 0 Å². The van der Waals surface area contributed by atoms with Crippen LogP contribution in [0.25, 0.3) is 0 Å². The molecule has 0 spiro atoms. The van der Waals surface area contributed by atoms with Crippen molar-refractivity contribution in [3.8, 4) is 0 Å². The first-order valence-electron chi connectivity index (χ1n) is 11.9. The van der Waals surface area contributed by atoms with Crippen LogP contribution in [0.4, 0.5) is 0 Å². The van der Waals surface area contributed by atoms with Crippen LogP contribution in [0.5, 0.6) is 0 Å². The van der Waals surface area contributed by atoms with Crippen molar-refractivity contribution in [3.05, 3.63) is 59.8 Å². The van der Waals surface area contributed by atoms with Crippen LogP contribution in [0, 0.1) is 34.5 Å². The Bertz CT molecular complexity index is 755. The largest absolute Gasteiger partial charge is 0.100 e. The monoisotopic (exact) mass is 392 g/mol. The van der Waals surface area contributed by atoms with Gasteiger partial charge in [0, 0.05) is 5.41 Å². The lowest BCUT2D eigenvalue weighted by Gasteiger charge is -2.54. The molecule has 2 saturated carbocycles. The van der Waals surface area contributed by atoms with Gasteiger partial charge in [-0.25, -0.2) is 0 Å². The fraction of sp³-hybridized carbons (Fsp3) is 0.655. The molecule has 0 nitrogen and oxygen atoms in total. The second kappa shape index (κ2) is 8.09. The first kappa shape index (κ1) is 22.4. The smallest absolute Gasteiger partial charge is 0.0101 e. The summed E-state index contributed by atoms with van der Waals surface area (Å²) in [6.45, 7) is 26.2. The molecule has 0 heterocycles. The average Bonchev–Trinajstić information content (AvgIpc) is 2.91. The van der Waals surface area contributed by atoms with Gasteiger partial charge in [-0.1, -0.05) is 80.9 Å². The molecule has 29 heavy (non-hydrogen) atoms. The second-order valence-corrected chi connectivity index (χ2v) is 11.2. The third-order valence-electron chi connectivity index (χ3n) is 8.69. The molecule has 0 aromatic carbocycles. The molecule has 0 amide bonds. The summed E-state index contributed by atoms with van der Waals surface area (Å²) in [4.78, 5) is 0. The molecule has 4 aliphatic rings. The van der Waals surface area contributed by atoms with E-state index in [-0.39, 0.29) is 0 Å². The quantitative estimate of drug-likeness (QED) is 0.412. The van der Waals surface area contributed by atoms with E-state index in [0.717, 1.165) is 30.1 Å². The fourth-order valence-corrected chi connectivity index (χ4v) is 7.40. The number of hydrogen-bond acceptors (Lipinski definition) is 0. The molecule has 0 bridgehead atoms. The normalized spacial score (nSPS) is 40.4. The van der Waals surface area contributed by atoms with E-state index in [4.69, 9.17) is 0 Å². The number of allylic oxidation sites excluding steroid dienone is 7. The summed E-state index contributed by atoms with van der Waals surface area (Å²) in [7, 11) is 0. The van der Waals surface area contributed by atoms with Gasteiger partial charge in [-0.2, -0.15) is 0 Å². The van der Waals surface area contributed by atoms with E-state index >= 15 is 0 Å². The zero-order valence-electron chi connectivity index (χ0n) is 20.0. The van der Waals surface area contributed by atoms with Crippen molar-refractivity contribution >= 4 is 0 Å². The molecule has 6 atom stereocenters. The van der Waals surface area contributed by atoms with Gasteiger partial charge in [-0.3, -0.25) is 0 Å². The Balaban J connectivity index is 0.000000552. The van der Waals surface area contributed by atoms with Crippen LogP contribution >= 0.6 is 0 Å². The SMILES string of the molecule is C=C(C)C.C=C1C=C2CCC3C(=CCC4(C)C3CC(C)C4C(=C)CC)C2(C)CC1. The lowest BCUT2D eigenvalue weighted by molar-refractivity contribution is 0.0942. The van der Waals surface area contributed by atoms with Gasteiger partial charge in [0.1, 0.15) is 0 Å². The average molecular weight is 393 g/mol. The fourth-order valence-electron chi connectivity index (χ4n) is 7.40. The lowest BCUT2D eigenvalue weighted by atomic mass is 9.51. The van der Waals surface area contributed by atoms with E-state index < -0.39 is 0 Å². The summed E-state index contributed by atoms with van der Waals surface area (Å²) in [5.41, 5.74) is 8.27. The molecule has 0 aromatic rings. The van der Waals surface area contributed by atoms with Crippen molar-refractivity contribution in [1.82, 2.24) is 0 Å². The zero-order chi connectivity index (χ0) is 21.6. The Kier molecular flexibility index (Phi) is 6.24. The third kappa shape index (κ3) is 3.77. The van der Waals surface area contributed by atoms with Crippen molar-refractivity contribution in [3.63, 3.8) is 0 Å². The van der Waals surface area contributed by atoms with Crippen LogP contribution in [-0.2, 0) is 0 Å². The van der Waals surface area contributed by atoms with E-state index in [1.807, 2.05) is 13.8 Å². The molecule has 0 N–H and O–H groups in total. The Hall–Kier alpha value is -1.30.